The highest BCUT2D eigenvalue weighted by Crippen LogP contribution is 2.20. The van der Waals surface area contributed by atoms with E-state index in [0.717, 1.165) is 12.8 Å². The number of carbonyl (C=O) groups is 1. The van der Waals surface area contributed by atoms with Gasteiger partial charge in [-0.2, -0.15) is 0 Å². The summed E-state index contributed by atoms with van der Waals surface area (Å²) in [7, 11) is 0. The second kappa shape index (κ2) is 8.12. The second-order valence-corrected chi connectivity index (χ2v) is 5.46. The van der Waals surface area contributed by atoms with Crippen molar-refractivity contribution in [1.82, 2.24) is 4.98 Å². The minimum atomic E-state index is -0.0301. The molecule has 0 aliphatic rings. The molecule has 5 heteroatoms. The SMILES string of the molecule is CC(C)C(CCN)CCC(=O)Nc1cc(Cl)ccn1. The number of nitrogens with one attached hydrogen (secondary N) is 1. The summed E-state index contributed by atoms with van der Waals surface area (Å²) in [6, 6.07) is 3.31. The van der Waals surface area contributed by atoms with Crippen LogP contribution in [0.25, 0.3) is 0 Å². The lowest BCUT2D eigenvalue weighted by Crippen LogP contribution is -2.18. The molecule has 1 heterocycles. The molecule has 106 valence electrons. The first-order valence-corrected chi connectivity index (χ1v) is 7.02. The second-order valence-electron chi connectivity index (χ2n) is 5.03. The molecular formula is C14H22ClN3O. The Kier molecular flexibility index (Phi) is 6.81. The normalized spacial score (nSPS) is 12.5. The lowest BCUT2D eigenvalue weighted by atomic mass is 9.88. The quantitative estimate of drug-likeness (QED) is 0.808. The topological polar surface area (TPSA) is 68.0 Å². The van der Waals surface area contributed by atoms with Crippen molar-refractivity contribution in [1.29, 1.82) is 0 Å². The molecule has 0 bridgehead atoms. The van der Waals surface area contributed by atoms with E-state index in [1.807, 2.05) is 0 Å². The first-order valence-electron chi connectivity index (χ1n) is 6.64. The Hall–Kier alpha value is -1.13. The smallest absolute Gasteiger partial charge is 0.225 e. The van der Waals surface area contributed by atoms with Gasteiger partial charge in [-0.05, 0) is 43.4 Å². The van der Waals surface area contributed by atoms with Crippen LogP contribution in [0.15, 0.2) is 18.3 Å². The van der Waals surface area contributed by atoms with Gasteiger partial charge in [0.05, 0.1) is 0 Å². The Labute approximate surface area is 119 Å². The maximum absolute atomic E-state index is 11.8. The molecular weight excluding hydrogens is 262 g/mol. The maximum atomic E-state index is 11.8. The third kappa shape index (κ3) is 6.03. The van der Waals surface area contributed by atoms with Crippen LogP contribution in [0.3, 0.4) is 0 Å². The number of amides is 1. The Bertz CT molecular complexity index is 409. The Morgan fingerprint density at radius 2 is 2.21 bits per heavy atom. The van der Waals surface area contributed by atoms with Crippen molar-refractivity contribution < 1.29 is 4.79 Å². The van der Waals surface area contributed by atoms with Crippen molar-refractivity contribution in [2.75, 3.05) is 11.9 Å². The van der Waals surface area contributed by atoms with E-state index < -0.39 is 0 Å². The van der Waals surface area contributed by atoms with E-state index in [-0.39, 0.29) is 5.91 Å². The third-order valence-electron chi connectivity index (χ3n) is 3.21. The number of hydrogen-bond donors (Lipinski definition) is 2. The molecule has 0 fully saturated rings. The highest BCUT2D eigenvalue weighted by Gasteiger charge is 2.14. The molecule has 1 amide bonds. The van der Waals surface area contributed by atoms with E-state index in [1.54, 1.807) is 18.3 Å². The van der Waals surface area contributed by atoms with Gasteiger partial charge in [-0.15, -0.1) is 0 Å². The molecule has 0 saturated heterocycles. The summed E-state index contributed by atoms with van der Waals surface area (Å²) < 4.78 is 0. The number of halogens is 1. The number of aromatic nitrogens is 1. The molecule has 0 aromatic carbocycles. The van der Waals surface area contributed by atoms with Crippen LogP contribution >= 0.6 is 11.6 Å². The fraction of sp³-hybridized carbons (Fsp3) is 0.571. The van der Waals surface area contributed by atoms with Crippen LogP contribution in [0.2, 0.25) is 5.02 Å². The van der Waals surface area contributed by atoms with Crippen molar-refractivity contribution >= 4 is 23.3 Å². The first-order chi connectivity index (χ1) is 9.02. The summed E-state index contributed by atoms with van der Waals surface area (Å²) in [4.78, 5) is 15.9. The molecule has 0 aliphatic carbocycles. The van der Waals surface area contributed by atoms with Gasteiger partial charge in [-0.25, -0.2) is 4.98 Å². The summed E-state index contributed by atoms with van der Waals surface area (Å²) in [5, 5.41) is 3.32. The van der Waals surface area contributed by atoms with E-state index in [2.05, 4.69) is 24.1 Å². The van der Waals surface area contributed by atoms with E-state index in [1.165, 1.54) is 0 Å². The van der Waals surface area contributed by atoms with Crippen molar-refractivity contribution in [2.45, 2.75) is 33.1 Å². The summed E-state index contributed by atoms with van der Waals surface area (Å²) in [6.45, 7) is 4.99. The van der Waals surface area contributed by atoms with Crippen molar-refractivity contribution in [2.24, 2.45) is 17.6 Å². The van der Waals surface area contributed by atoms with E-state index in [9.17, 15) is 4.79 Å². The number of hydrogen-bond acceptors (Lipinski definition) is 3. The van der Waals surface area contributed by atoms with Crippen molar-refractivity contribution in [3.63, 3.8) is 0 Å². The molecule has 0 aliphatic heterocycles. The fourth-order valence-corrected chi connectivity index (χ4v) is 2.18. The number of pyridine rings is 1. The van der Waals surface area contributed by atoms with E-state index in [0.29, 0.717) is 35.6 Å². The van der Waals surface area contributed by atoms with Crippen LogP contribution in [0.1, 0.15) is 33.1 Å². The van der Waals surface area contributed by atoms with Crippen LogP contribution < -0.4 is 11.1 Å². The van der Waals surface area contributed by atoms with Gasteiger partial charge in [0.15, 0.2) is 0 Å². The van der Waals surface area contributed by atoms with Crippen LogP contribution in [-0.4, -0.2) is 17.4 Å². The zero-order valence-corrected chi connectivity index (χ0v) is 12.3. The van der Waals surface area contributed by atoms with Crippen LogP contribution in [-0.2, 0) is 4.79 Å². The van der Waals surface area contributed by atoms with Gasteiger partial charge in [0.2, 0.25) is 5.91 Å². The van der Waals surface area contributed by atoms with Crippen LogP contribution in [0, 0.1) is 11.8 Å². The Balaban J connectivity index is 2.42. The van der Waals surface area contributed by atoms with Crippen molar-refractivity contribution in [3.05, 3.63) is 23.4 Å². The predicted octanol–water partition coefficient (Wildman–Crippen LogP) is 3.07. The number of anilines is 1. The molecule has 4 nitrogen and oxygen atoms in total. The fourth-order valence-electron chi connectivity index (χ4n) is 2.02. The van der Waals surface area contributed by atoms with Crippen LogP contribution in [0.4, 0.5) is 5.82 Å². The van der Waals surface area contributed by atoms with Crippen molar-refractivity contribution in [3.8, 4) is 0 Å². The van der Waals surface area contributed by atoms with Gasteiger partial charge in [0.25, 0.3) is 0 Å². The summed E-state index contributed by atoms with van der Waals surface area (Å²) in [6.07, 6.45) is 3.86. The number of nitrogens with zero attached hydrogens (tertiary/aromatic N) is 1. The maximum Gasteiger partial charge on any atom is 0.225 e. The number of rotatable bonds is 7. The molecule has 1 rings (SSSR count). The van der Waals surface area contributed by atoms with Crippen LogP contribution in [0.5, 0.6) is 0 Å². The average Bonchev–Trinajstić information content (AvgIpc) is 2.34. The zero-order chi connectivity index (χ0) is 14.3. The Morgan fingerprint density at radius 3 is 2.79 bits per heavy atom. The molecule has 0 saturated carbocycles. The van der Waals surface area contributed by atoms with Gasteiger partial charge in [-0.1, -0.05) is 25.4 Å². The summed E-state index contributed by atoms with van der Waals surface area (Å²) >= 11 is 5.83. The first kappa shape index (κ1) is 15.9. The van der Waals surface area contributed by atoms with Gasteiger partial charge < -0.3 is 11.1 Å². The zero-order valence-electron chi connectivity index (χ0n) is 11.5. The molecule has 3 N–H and O–H groups in total. The van der Waals surface area contributed by atoms with E-state index in [4.69, 9.17) is 17.3 Å². The molecule has 1 atom stereocenters. The number of carbonyl (C=O) groups excluding carboxylic acids is 1. The lowest BCUT2D eigenvalue weighted by Gasteiger charge is -2.19. The largest absolute Gasteiger partial charge is 0.330 e. The highest BCUT2D eigenvalue weighted by molar-refractivity contribution is 6.30. The Morgan fingerprint density at radius 1 is 1.47 bits per heavy atom. The molecule has 1 aromatic heterocycles. The van der Waals surface area contributed by atoms with Gasteiger partial charge in [0, 0.05) is 17.6 Å². The summed E-state index contributed by atoms with van der Waals surface area (Å²) in [5.41, 5.74) is 5.59. The number of nitrogens with two attached hydrogens (primary N) is 1. The lowest BCUT2D eigenvalue weighted by molar-refractivity contribution is -0.116. The van der Waals surface area contributed by atoms with Gasteiger partial charge >= 0.3 is 0 Å². The highest BCUT2D eigenvalue weighted by atomic mass is 35.5. The summed E-state index contributed by atoms with van der Waals surface area (Å²) in [5.74, 6) is 1.50. The molecule has 0 radical (unpaired) electrons. The average molecular weight is 284 g/mol. The molecule has 0 spiro atoms. The molecule has 1 aromatic rings. The van der Waals surface area contributed by atoms with Gasteiger partial charge in [-0.3, -0.25) is 4.79 Å². The minimum Gasteiger partial charge on any atom is -0.330 e. The van der Waals surface area contributed by atoms with Gasteiger partial charge in [0.1, 0.15) is 5.82 Å². The van der Waals surface area contributed by atoms with E-state index >= 15 is 0 Å². The monoisotopic (exact) mass is 283 g/mol. The third-order valence-corrected chi connectivity index (χ3v) is 3.45. The standard InChI is InChI=1S/C14H22ClN3O/c1-10(2)11(5-7-16)3-4-14(19)18-13-9-12(15)6-8-17-13/h6,8-11H,3-5,7,16H2,1-2H3,(H,17,18,19). The minimum absolute atomic E-state index is 0.0301. The molecule has 1 unspecified atom stereocenters. The molecule has 19 heavy (non-hydrogen) atoms. The predicted molar refractivity (Wildman–Crippen MR) is 79.1 cm³/mol.